The molecule has 0 fully saturated rings. The summed E-state index contributed by atoms with van der Waals surface area (Å²) >= 11 is 9.44. The van der Waals surface area contributed by atoms with E-state index in [4.69, 9.17) is 11.6 Å². The van der Waals surface area contributed by atoms with E-state index in [0.717, 1.165) is 23.3 Å². The van der Waals surface area contributed by atoms with Crippen molar-refractivity contribution in [2.24, 2.45) is 0 Å². The van der Waals surface area contributed by atoms with Gasteiger partial charge in [0.25, 0.3) is 5.91 Å². The van der Waals surface area contributed by atoms with Crippen molar-refractivity contribution < 1.29 is 18.4 Å². The van der Waals surface area contributed by atoms with Crippen LogP contribution >= 0.6 is 27.5 Å². The Balaban J connectivity index is 1.31. The van der Waals surface area contributed by atoms with Crippen LogP contribution in [0.3, 0.4) is 0 Å². The van der Waals surface area contributed by atoms with Crippen molar-refractivity contribution >= 4 is 50.7 Å². The summed E-state index contributed by atoms with van der Waals surface area (Å²) in [6.07, 6.45) is 1.22. The van der Waals surface area contributed by atoms with Crippen molar-refractivity contribution in [2.45, 2.75) is 13.0 Å². The highest BCUT2D eigenvalue weighted by Crippen LogP contribution is 2.32. The van der Waals surface area contributed by atoms with Crippen molar-refractivity contribution in [3.8, 4) is 11.4 Å². The Hall–Kier alpha value is -4.03. The van der Waals surface area contributed by atoms with Crippen LogP contribution in [-0.2, 0) is 11.3 Å². The fraction of sp³-hybridized carbons (Fsp3) is 0.120. The highest BCUT2D eigenvalue weighted by Gasteiger charge is 2.20. The molecule has 0 aliphatic rings. The molecular weight excluding hydrogens is 584 g/mol. The number of halogens is 4. The van der Waals surface area contributed by atoms with Gasteiger partial charge in [-0.1, -0.05) is 51.8 Å². The Morgan fingerprint density at radius 1 is 0.947 bits per heavy atom. The maximum Gasteiger partial charge on any atom is 0.253 e. The van der Waals surface area contributed by atoms with E-state index in [0.29, 0.717) is 10.3 Å². The first-order valence-corrected chi connectivity index (χ1v) is 12.3. The number of carbonyl (C=O) groups excluding carboxylic acids is 2. The lowest BCUT2D eigenvalue weighted by Crippen LogP contribution is -2.31. The SMILES string of the molecule is O=C(CCNC(=O)c1ccc(F)c(F)c1Nc1ccc(Br)cc1Cl)NCc1ccc(-c2nncnn2)cc1. The zero-order valence-electron chi connectivity index (χ0n) is 19.5. The summed E-state index contributed by atoms with van der Waals surface area (Å²) in [5.41, 5.74) is 1.35. The van der Waals surface area contributed by atoms with Crippen LogP contribution in [0.5, 0.6) is 0 Å². The molecule has 0 spiro atoms. The Morgan fingerprint density at radius 2 is 1.68 bits per heavy atom. The third-order valence-corrected chi connectivity index (χ3v) is 6.08. The summed E-state index contributed by atoms with van der Waals surface area (Å²) in [6.45, 7) is 0.247. The fourth-order valence-corrected chi connectivity index (χ4v) is 4.07. The Morgan fingerprint density at radius 3 is 2.39 bits per heavy atom. The van der Waals surface area contributed by atoms with Gasteiger partial charge in [0.15, 0.2) is 18.0 Å². The molecule has 0 atom stereocenters. The van der Waals surface area contributed by atoms with Crippen LogP contribution < -0.4 is 16.0 Å². The van der Waals surface area contributed by atoms with Crippen LogP contribution in [0, 0.1) is 11.6 Å². The predicted molar refractivity (Wildman–Crippen MR) is 141 cm³/mol. The monoisotopic (exact) mass is 601 g/mol. The van der Waals surface area contributed by atoms with Crippen LogP contribution in [0.1, 0.15) is 22.3 Å². The molecule has 0 bridgehead atoms. The molecule has 38 heavy (non-hydrogen) atoms. The number of nitrogens with one attached hydrogen (secondary N) is 3. The summed E-state index contributed by atoms with van der Waals surface area (Å²) in [5, 5.41) is 23.4. The number of anilines is 2. The lowest BCUT2D eigenvalue weighted by atomic mass is 10.1. The van der Waals surface area contributed by atoms with Gasteiger partial charge in [-0.3, -0.25) is 9.59 Å². The first-order chi connectivity index (χ1) is 18.3. The molecule has 0 unspecified atom stereocenters. The van der Waals surface area contributed by atoms with Crippen molar-refractivity contribution in [1.29, 1.82) is 0 Å². The maximum atomic E-state index is 14.6. The van der Waals surface area contributed by atoms with E-state index in [1.165, 1.54) is 6.33 Å². The van der Waals surface area contributed by atoms with Crippen molar-refractivity contribution in [1.82, 2.24) is 31.0 Å². The Bertz CT molecular complexity index is 1460. The minimum absolute atomic E-state index is 0.0214. The summed E-state index contributed by atoms with van der Waals surface area (Å²) < 4.78 is 29.2. The van der Waals surface area contributed by atoms with E-state index in [1.54, 1.807) is 30.3 Å². The number of benzene rings is 3. The van der Waals surface area contributed by atoms with Gasteiger partial charge in [-0.05, 0) is 35.9 Å². The molecule has 0 saturated heterocycles. The second kappa shape index (κ2) is 12.5. The van der Waals surface area contributed by atoms with Crippen LogP contribution in [0.2, 0.25) is 5.02 Å². The smallest absolute Gasteiger partial charge is 0.253 e. The molecule has 2 amide bonds. The molecule has 0 radical (unpaired) electrons. The predicted octanol–water partition coefficient (Wildman–Crippen LogP) is 4.81. The molecule has 9 nitrogen and oxygen atoms in total. The van der Waals surface area contributed by atoms with Gasteiger partial charge < -0.3 is 16.0 Å². The second-order valence-corrected chi connectivity index (χ2v) is 9.21. The standard InChI is InChI=1S/C25H19BrClF2N7O2/c26-16-5-8-20(18(27)11-16)34-23-17(6-7-19(28)22(23)29)25(38)30-10-9-21(37)31-12-14-1-3-15(4-2-14)24-35-32-13-33-36-24/h1-8,11,13,34H,9-10,12H2,(H,30,38)(H,31,37). The van der Waals surface area contributed by atoms with Crippen molar-refractivity contribution in [3.63, 3.8) is 0 Å². The van der Waals surface area contributed by atoms with Crippen LogP contribution in [-0.4, -0.2) is 38.8 Å². The van der Waals surface area contributed by atoms with E-state index >= 15 is 0 Å². The largest absolute Gasteiger partial charge is 0.352 e. The number of hydrogen-bond donors (Lipinski definition) is 3. The topological polar surface area (TPSA) is 122 Å². The molecule has 0 aliphatic heterocycles. The fourth-order valence-electron chi connectivity index (χ4n) is 3.35. The van der Waals surface area contributed by atoms with E-state index in [-0.39, 0.29) is 47.4 Å². The molecule has 1 aromatic heterocycles. The van der Waals surface area contributed by atoms with Gasteiger partial charge in [-0.15, -0.1) is 20.4 Å². The number of rotatable bonds is 9. The second-order valence-electron chi connectivity index (χ2n) is 7.88. The minimum atomic E-state index is -1.23. The zero-order chi connectivity index (χ0) is 27.1. The van der Waals surface area contributed by atoms with Gasteiger partial charge in [0.05, 0.1) is 22.0 Å². The number of amides is 2. The van der Waals surface area contributed by atoms with Crippen LogP contribution in [0.4, 0.5) is 20.2 Å². The number of hydrogen-bond acceptors (Lipinski definition) is 7. The molecule has 0 aliphatic carbocycles. The molecule has 194 valence electrons. The van der Waals surface area contributed by atoms with E-state index in [1.807, 2.05) is 12.1 Å². The summed E-state index contributed by atoms with van der Waals surface area (Å²) in [6, 6.07) is 14.0. The number of aromatic nitrogens is 4. The molecule has 4 aromatic rings. The first kappa shape index (κ1) is 27.0. The lowest BCUT2D eigenvalue weighted by Gasteiger charge is -2.15. The molecule has 13 heteroatoms. The normalized spacial score (nSPS) is 10.6. The summed E-state index contributed by atoms with van der Waals surface area (Å²) in [4.78, 5) is 25.0. The molecule has 3 N–H and O–H groups in total. The third kappa shape index (κ3) is 6.84. The third-order valence-electron chi connectivity index (χ3n) is 5.28. The van der Waals surface area contributed by atoms with E-state index < -0.39 is 17.5 Å². The Kier molecular flexibility index (Phi) is 8.87. The van der Waals surface area contributed by atoms with Gasteiger partial charge in [0, 0.05) is 29.5 Å². The first-order valence-electron chi connectivity index (χ1n) is 11.2. The van der Waals surface area contributed by atoms with Crippen molar-refractivity contribution in [2.75, 3.05) is 11.9 Å². The zero-order valence-corrected chi connectivity index (χ0v) is 21.9. The maximum absolute atomic E-state index is 14.6. The van der Waals surface area contributed by atoms with Gasteiger partial charge in [-0.2, -0.15) is 0 Å². The lowest BCUT2D eigenvalue weighted by molar-refractivity contribution is -0.121. The van der Waals surface area contributed by atoms with Gasteiger partial charge in [-0.25, -0.2) is 8.78 Å². The van der Waals surface area contributed by atoms with Crippen LogP contribution in [0.25, 0.3) is 11.4 Å². The molecule has 3 aromatic carbocycles. The minimum Gasteiger partial charge on any atom is -0.352 e. The average molecular weight is 603 g/mol. The highest BCUT2D eigenvalue weighted by molar-refractivity contribution is 9.10. The van der Waals surface area contributed by atoms with Crippen LogP contribution in [0.15, 0.2) is 65.4 Å². The molecule has 4 rings (SSSR count). The average Bonchev–Trinajstić information content (AvgIpc) is 2.92. The summed E-state index contributed by atoms with van der Waals surface area (Å²) in [5.74, 6) is -2.96. The van der Waals surface area contributed by atoms with Gasteiger partial charge >= 0.3 is 0 Å². The number of carbonyl (C=O) groups is 2. The van der Waals surface area contributed by atoms with Gasteiger partial charge in [0.2, 0.25) is 11.7 Å². The molecule has 1 heterocycles. The van der Waals surface area contributed by atoms with Crippen molar-refractivity contribution in [3.05, 3.63) is 93.2 Å². The van der Waals surface area contributed by atoms with E-state index in [2.05, 4.69) is 52.3 Å². The molecule has 0 saturated carbocycles. The highest BCUT2D eigenvalue weighted by atomic mass is 79.9. The quantitative estimate of drug-likeness (QED) is 0.251. The number of nitrogens with zero attached hydrogens (tertiary/aromatic N) is 4. The van der Waals surface area contributed by atoms with E-state index in [9.17, 15) is 18.4 Å². The van der Waals surface area contributed by atoms with Gasteiger partial charge in [0.1, 0.15) is 0 Å². The Labute approximate surface area is 229 Å². The summed E-state index contributed by atoms with van der Waals surface area (Å²) in [7, 11) is 0. The molecular formula is C25H19BrClF2N7O2.